The molecule has 0 radical (unpaired) electrons. The van der Waals surface area contributed by atoms with E-state index >= 15 is 0 Å². The summed E-state index contributed by atoms with van der Waals surface area (Å²) in [7, 11) is 0. The average Bonchev–Trinajstić information content (AvgIpc) is 1.88. The van der Waals surface area contributed by atoms with E-state index in [1.807, 2.05) is 0 Å². The Hall–Kier alpha value is -1.03. The molecule has 0 amide bonds. The molecule has 2 nitrogen and oxygen atoms in total. The molecule has 1 rings (SSSR count). The van der Waals surface area contributed by atoms with Gasteiger partial charge in [-0.1, -0.05) is 12.2 Å². The summed E-state index contributed by atoms with van der Waals surface area (Å²) in [5.41, 5.74) is 5.36. The Kier molecular flexibility index (Phi) is 1.91. The average molecular weight is 156 g/mol. The SMILES string of the molecule is NC(=S)c1cccnc1F. The second-order valence-electron chi connectivity index (χ2n) is 1.71. The molecule has 0 saturated carbocycles. The van der Waals surface area contributed by atoms with E-state index in [1.54, 1.807) is 6.07 Å². The second kappa shape index (κ2) is 2.70. The predicted octanol–water partition coefficient (Wildman–Crippen LogP) is 0.855. The highest BCUT2D eigenvalue weighted by Crippen LogP contribution is 2.01. The Balaban J connectivity index is 3.15. The summed E-state index contributed by atoms with van der Waals surface area (Å²) in [5, 5.41) is 0. The number of nitrogens with zero attached hydrogens (tertiary/aromatic N) is 1. The Morgan fingerprint density at radius 1 is 1.70 bits per heavy atom. The lowest BCUT2D eigenvalue weighted by Crippen LogP contribution is -2.12. The van der Waals surface area contributed by atoms with E-state index in [1.165, 1.54) is 12.3 Å². The fraction of sp³-hybridized carbons (Fsp3) is 0. The molecule has 0 saturated heterocycles. The zero-order valence-electron chi connectivity index (χ0n) is 5.04. The van der Waals surface area contributed by atoms with Gasteiger partial charge in [-0.25, -0.2) is 4.98 Å². The third-order valence-corrected chi connectivity index (χ3v) is 1.24. The van der Waals surface area contributed by atoms with Gasteiger partial charge in [-0.15, -0.1) is 0 Å². The first-order valence-electron chi connectivity index (χ1n) is 2.62. The molecular weight excluding hydrogens is 151 g/mol. The van der Waals surface area contributed by atoms with Crippen molar-refractivity contribution >= 4 is 17.2 Å². The highest BCUT2D eigenvalue weighted by atomic mass is 32.1. The van der Waals surface area contributed by atoms with Crippen LogP contribution in [0.1, 0.15) is 5.56 Å². The maximum absolute atomic E-state index is 12.6. The molecule has 4 heteroatoms. The number of rotatable bonds is 1. The minimum Gasteiger partial charge on any atom is -0.389 e. The molecule has 1 aromatic heterocycles. The summed E-state index contributed by atoms with van der Waals surface area (Å²) in [4.78, 5) is 3.40. The molecule has 0 aliphatic rings. The van der Waals surface area contributed by atoms with Crippen LogP contribution in [-0.4, -0.2) is 9.97 Å². The fourth-order valence-electron chi connectivity index (χ4n) is 0.570. The van der Waals surface area contributed by atoms with Crippen molar-refractivity contribution in [3.05, 3.63) is 29.8 Å². The van der Waals surface area contributed by atoms with Gasteiger partial charge in [0, 0.05) is 6.20 Å². The normalized spacial score (nSPS) is 9.30. The van der Waals surface area contributed by atoms with Crippen molar-refractivity contribution < 1.29 is 4.39 Å². The van der Waals surface area contributed by atoms with Crippen molar-refractivity contribution in [2.75, 3.05) is 0 Å². The number of nitrogens with two attached hydrogens (primary N) is 1. The topological polar surface area (TPSA) is 38.9 Å². The van der Waals surface area contributed by atoms with Crippen LogP contribution in [0.15, 0.2) is 18.3 Å². The number of thiocarbonyl (C=S) groups is 1. The number of aromatic nitrogens is 1. The largest absolute Gasteiger partial charge is 0.389 e. The highest BCUT2D eigenvalue weighted by molar-refractivity contribution is 7.80. The van der Waals surface area contributed by atoms with Crippen LogP contribution in [0.25, 0.3) is 0 Å². The molecule has 0 aliphatic carbocycles. The lowest BCUT2D eigenvalue weighted by molar-refractivity contribution is 0.581. The molecule has 0 atom stereocenters. The van der Waals surface area contributed by atoms with Crippen LogP contribution in [0.4, 0.5) is 4.39 Å². The van der Waals surface area contributed by atoms with Gasteiger partial charge in [0.15, 0.2) is 0 Å². The van der Waals surface area contributed by atoms with Crippen molar-refractivity contribution in [3.63, 3.8) is 0 Å². The van der Waals surface area contributed by atoms with Crippen LogP contribution in [0.5, 0.6) is 0 Å². The van der Waals surface area contributed by atoms with Gasteiger partial charge in [0.1, 0.15) is 4.99 Å². The van der Waals surface area contributed by atoms with Crippen molar-refractivity contribution in [2.24, 2.45) is 5.73 Å². The third-order valence-electron chi connectivity index (χ3n) is 1.02. The first kappa shape index (κ1) is 7.08. The summed E-state index contributed by atoms with van der Waals surface area (Å²) in [5.74, 6) is -0.616. The van der Waals surface area contributed by atoms with Gasteiger partial charge in [0.05, 0.1) is 5.56 Å². The van der Waals surface area contributed by atoms with Gasteiger partial charge in [0.25, 0.3) is 0 Å². The van der Waals surface area contributed by atoms with E-state index in [4.69, 9.17) is 5.73 Å². The minimum atomic E-state index is -0.616. The molecule has 10 heavy (non-hydrogen) atoms. The molecule has 0 aromatic carbocycles. The number of hydrogen-bond acceptors (Lipinski definition) is 2. The van der Waals surface area contributed by atoms with E-state index in [-0.39, 0.29) is 10.6 Å². The molecule has 52 valence electrons. The molecule has 2 N–H and O–H groups in total. The van der Waals surface area contributed by atoms with Gasteiger partial charge in [0.2, 0.25) is 5.95 Å². The zero-order valence-corrected chi connectivity index (χ0v) is 5.86. The highest BCUT2D eigenvalue weighted by Gasteiger charge is 2.02. The Labute approximate surface area is 62.9 Å². The fourth-order valence-corrected chi connectivity index (χ4v) is 0.722. The van der Waals surface area contributed by atoms with Crippen LogP contribution in [0, 0.1) is 5.95 Å². The van der Waals surface area contributed by atoms with E-state index < -0.39 is 5.95 Å². The molecular formula is C6H5FN2S. The van der Waals surface area contributed by atoms with Crippen LogP contribution in [0.2, 0.25) is 0 Å². The summed E-state index contributed by atoms with van der Waals surface area (Å²) in [6, 6.07) is 3.07. The van der Waals surface area contributed by atoms with E-state index in [0.717, 1.165) is 0 Å². The smallest absolute Gasteiger partial charge is 0.223 e. The molecule has 0 fully saturated rings. The second-order valence-corrected chi connectivity index (χ2v) is 2.15. The van der Waals surface area contributed by atoms with Gasteiger partial charge in [-0.2, -0.15) is 4.39 Å². The Morgan fingerprint density at radius 2 is 2.40 bits per heavy atom. The predicted molar refractivity (Wildman–Crippen MR) is 40.1 cm³/mol. The van der Waals surface area contributed by atoms with Crippen molar-refractivity contribution in [2.45, 2.75) is 0 Å². The maximum Gasteiger partial charge on any atom is 0.223 e. The molecule has 0 unspecified atom stereocenters. The molecule has 1 aromatic rings. The summed E-state index contributed by atoms with van der Waals surface area (Å²) >= 11 is 4.55. The van der Waals surface area contributed by atoms with Crippen molar-refractivity contribution in [1.29, 1.82) is 0 Å². The molecule has 0 bridgehead atoms. The van der Waals surface area contributed by atoms with Crippen LogP contribution in [-0.2, 0) is 0 Å². The van der Waals surface area contributed by atoms with E-state index in [0.29, 0.717) is 0 Å². The number of pyridine rings is 1. The first-order valence-corrected chi connectivity index (χ1v) is 3.03. The maximum atomic E-state index is 12.6. The lowest BCUT2D eigenvalue weighted by Gasteiger charge is -1.95. The van der Waals surface area contributed by atoms with Crippen molar-refractivity contribution in [1.82, 2.24) is 4.98 Å². The molecule has 1 heterocycles. The van der Waals surface area contributed by atoms with Crippen LogP contribution < -0.4 is 5.73 Å². The third kappa shape index (κ3) is 1.27. The Morgan fingerprint density at radius 3 is 2.80 bits per heavy atom. The number of halogens is 1. The summed E-state index contributed by atoms with van der Waals surface area (Å²) in [6.45, 7) is 0. The van der Waals surface area contributed by atoms with Gasteiger partial charge < -0.3 is 5.73 Å². The van der Waals surface area contributed by atoms with Crippen LogP contribution >= 0.6 is 12.2 Å². The van der Waals surface area contributed by atoms with Gasteiger partial charge >= 0.3 is 0 Å². The zero-order chi connectivity index (χ0) is 7.56. The standard InChI is InChI=1S/C6H5FN2S/c7-5-4(6(8)10)2-1-3-9-5/h1-3H,(H2,8,10). The molecule has 0 aliphatic heterocycles. The van der Waals surface area contributed by atoms with Gasteiger partial charge in [-0.3, -0.25) is 0 Å². The Bertz CT molecular complexity index is 262. The minimum absolute atomic E-state index is 0.0330. The van der Waals surface area contributed by atoms with Gasteiger partial charge in [-0.05, 0) is 12.1 Å². The van der Waals surface area contributed by atoms with Crippen LogP contribution in [0.3, 0.4) is 0 Å². The monoisotopic (exact) mass is 156 g/mol. The molecule has 0 spiro atoms. The van der Waals surface area contributed by atoms with E-state index in [2.05, 4.69) is 17.2 Å². The summed E-state index contributed by atoms with van der Waals surface area (Å²) in [6.07, 6.45) is 1.34. The summed E-state index contributed by atoms with van der Waals surface area (Å²) < 4.78 is 12.6. The quantitative estimate of drug-likeness (QED) is 0.484. The van der Waals surface area contributed by atoms with E-state index in [9.17, 15) is 4.39 Å². The number of hydrogen-bond donors (Lipinski definition) is 1. The van der Waals surface area contributed by atoms with Crippen molar-refractivity contribution in [3.8, 4) is 0 Å². The first-order chi connectivity index (χ1) is 4.72. The lowest BCUT2D eigenvalue weighted by atomic mass is 10.3.